The molecule has 4 aromatic rings. The van der Waals surface area contributed by atoms with E-state index in [2.05, 4.69) is 109 Å². The van der Waals surface area contributed by atoms with Gasteiger partial charge in [-0.15, -0.1) is 0 Å². The van der Waals surface area contributed by atoms with E-state index in [0.717, 1.165) is 0 Å². The van der Waals surface area contributed by atoms with Crippen LogP contribution in [0.4, 0.5) is 0 Å². The Bertz CT molecular complexity index is 978. The molecule has 0 N–H and O–H groups in total. The molecule has 0 unspecified atom stereocenters. The molecule has 0 atom stereocenters. The summed E-state index contributed by atoms with van der Waals surface area (Å²) >= 11 is 3.62. The van der Waals surface area contributed by atoms with Crippen molar-refractivity contribution in [3.05, 3.63) is 113 Å². The molecule has 0 bridgehead atoms. The van der Waals surface area contributed by atoms with E-state index < -0.39 is 0 Å². The van der Waals surface area contributed by atoms with Crippen LogP contribution in [0.25, 0.3) is 16.8 Å². The fraction of sp³-hybridized carbons (Fsp3) is 0. The summed E-state index contributed by atoms with van der Waals surface area (Å²) in [6, 6.07) is 36.2. The highest BCUT2D eigenvalue weighted by atomic mass is 32.2. The van der Waals surface area contributed by atoms with Gasteiger partial charge < -0.3 is 0 Å². The normalized spacial score (nSPS) is 10.6. The van der Waals surface area contributed by atoms with Gasteiger partial charge in [-0.25, -0.2) is 0 Å². The zero-order chi connectivity index (χ0) is 17.6. The Morgan fingerprint density at radius 1 is 0.538 bits per heavy atom. The lowest BCUT2D eigenvalue weighted by Crippen LogP contribution is -1.79. The summed E-state index contributed by atoms with van der Waals surface area (Å²) in [7, 11) is 0. The Hall–Kier alpha value is -2.42. The van der Waals surface area contributed by atoms with Crippen LogP contribution in [0.1, 0.15) is 5.56 Å². The van der Waals surface area contributed by atoms with Gasteiger partial charge in [-0.1, -0.05) is 96.3 Å². The maximum Gasteiger partial charge on any atom is 0.0504 e. The van der Waals surface area contributed by atoms with Crippen molar-refractivity contribution in [2.24, 2.45) is 0 Å². The number of hydrogen-bond donors (Lipinski definition) is 0. The van der Waals surface area contributed by atoms with Gasteiger partial charge in [-0.05, 0) is 52.7 Å². The van der Waals surface area contributed by atoms with Crippen LogP contribution in [0, 0.1) is 0 Å². The quantitative estimate of drug-likeness (QED) is 0.330. The van der Waals surface area contributed by atoms with Gasteiger partial charge in [-0.2, -0.15) is 0 Å². The van der Waals surface area contributed by atoms with Gasteiger partial charge in [0, 0.05) is 9.79 Å². The minimum atomic E-state index is 1.23. The van der Waals surface area contributed by atoms with E-state index in [4.69, 9.17) is 0 Å². The van der Waals surface area contributed by atoms with Crippen LogP contribution >= 0.6 is 23.5 Å². The second-order valence-electron chi connectivity index (χ2n) is 5.90. The summed E-state index contributed by atoms with van der Waals surface area (Å²) in [5.74, 6) is 0. The molecular weight excluding hydrogens is 352 g/mol. The molecule has 0 aliphatic carbocycles. The summed E-state index contributed by atoms with van der Waals surface area (Å²) in [4.78, 5) is 2.51. The molecule has 0 radical (unpaired) electrons. The molecule has 0 fully saturated rings. The van der Waals surface area contributed by atoms with Crippen LogP contribution in [0.3, 0.4) is 0 Å². The van der Waals surface area contributed by atoms with Crippen LogP contribution in [-0.2, 0) is 0 Å². The molecule has 2 heteroatoms. The van der Waals surface area contributed by atoms with E-state index in [1.165, 1.54) is 30.4 Å². The molecule has 0 heterocycles. The van der Waals surface area contributed by atoms with E-state index in [9.17, 15) is 0 Å². The predicted molar refractivity (Wildman–Crippen MR) is 117 cm³/mol. The SMILES string of the molecule is C(=C(Sc1ccccc1)Sc1ccccc1)c1ccc2ccccc2c1. The molecule has 126 valence electrons. The third-order valence-corrected chi connectivity index (χ3v) is 6.14. The van der Waals surface area contributed by atoms with E-state index in [-0.39, 0.29) is 0 Å². The zero-order valence-corrected chi connectivity index (χ0v) is 15.8. The lowest BCUT2D eigenvalue weighted by molar-refractivity contribution is 1.46. The Morgan fingerprint density at radius 3 is 1.69 bits per heavy atom. The second-order valence-corrected chi connectivity index (χ2v) is 8.39. The van der Waals surface area contributed by atoms with E-state index >= 15 is 0 Å². The number of hydrogen-bond acceptors (Lipinski definition) is 2. The summed E-state index contributed by atoms with van der Waals surface area (Å²) < 4.78 is 1.26. The largest absolute Gasteiger partial charge is 0.0827 e. The van der Waals surface area contributed by atoms with Crippen LogP contribution < -0.4 is 0 Å². The molecule has 0 saturated carbocycles. The topological polar surface area (TPSA) is 0 Å². The fourth-order valence-corrected chi connectivity index (χ4v) is 4.91. The van der Waals surface area contributed by atoms with Crippen molar-refractivity contribution < 1.29 is 0 Å². The number of thioether (sulfide) groups is 2. The first kappa shape index (κ1) is 17.0. The van der Waals surface area contributed by atoms with Crippen LogP contribution in [0.15, 0.2) is 117 Å². The monoisotopic (exact) mass is 370 g/mol. The van der Waals surface area contributed by atoms with Gasteiger partial charge in [0.05, 0.1) is 4.24 Å². The molecule has 0 nitrogen and oxygen atoms in total. The second kappa shape index (κ2) is 8.31. The molecule has 4 rings (SSSR count). The molecule has 0 aliphatic heterocycles. The highest BCUT2D eigenvalue weighted by molar-refractivity contribution is 8.22. The molecule has 0 aliphatic rings. The lowest BCUT2D eigenvalue weighted by Gasteiger charge is -2.08. The van der Waals surface area contributed by atoms with Gasteiger partial charge in [-0.3, -0.25) is 0 Å². The van der Waals surface area contributed by atoms with Crippen LogP contribution in [0.5, 0.6) is 0 Å². The van der Waals surface area contributed by atoms with Crippen LogP contribution in [-0.4, -0.2) is 0 Å². The molecule has 0 spiro atoms. The average Bonchev–Trinajstić information content (AvgIpc) is 2.69. The van der Waals surface area contributed by atoms with Crippen molar-refractivity contribution in [2.45, 2.75) is 9.79 Å². The minimum absolute atomic E-state index is 1.23. The number of fused-ring (bicyclic) bond motifs is 1. The van der Waals surface area contributed by atoms with Gasteiger partial charge in [0.2, 0.25) is 0 Å². The third kappa shape index (κ3) is 4.40. The molecule has 0 amide bonds. The first-order chi connectivity index (χ1) is 12.9. The van der Waals surface area contributed by atoms with Crippen molar-refractivity contribution in [3.8, 4) is 0 Å². The first-order valence-corrected chi connectivity index (χ1v) is 10.2. The average molecular weight is 371 g/mol. The summed E-state index contributed by atoms with van der Waals surface area (Å²) in [6.07, 6.45) is 2.28. The Kier molecular flexibility index (Phi) is 5.44. The van der Waals surface area contributed by atoms with Gasteiger partial charge in [0.25, 0.3) is 0 Å². The lowest BCUT2D eigenvalue weighted by atomic mass is 10.1. The zero-order valence-electron chi connectivity index (χ0n) is 14.2. The third-order valence-electron chi connectivity index (χ3n) is 3.98. The Morgan fingerprint density at radius 2 is 1.08 bits per heavy atom. The predicted octanol–water partition coefficient (Wildman–Crippen LogP) is 7.72. The van der Waals surface area contributed by atoms with E-state index in [1.54, 1.807) is 0 Å². The van der Waals surface area contributed by atoms with Crippen molar-refractivity contribution >= 4 is 40.4 Å². The van der Waals surface area contributed by atoms with Crippen molar-refractivity contribution in [2.75, 3.05) is 0 Å². The van der Waals surface area contributed by atoms with E-state index in [0.29, 0.717) is 0 Å². The van der Waals surface area contributed by atoms with Crippen LogP contribution in [0.2, 0.25) is 0 Å². The van der Waals surface area contributed by atoms with Crippen molar-refractivity contribution in [1.29, 1.82) is 0 Å². The summed E-state index contributed by atoms with van der Waals surface area (Å²) in [6.45, 7) is 0. The fourth-order valence-electron chi connectivity index (χ4n) is 2.72. The highest BCUT2D eigenvalue weighted by Gasteiger charge is 2.05. The summed E-state index contributed by atoms with van der Waals surface area (Å²) in [5, 5.41) is 2.55. The Balaban J connectivity index is 1.68. The highest BCUT2D eigenvalue weighted by Crippen LogP contribution is 2.40. The van der Waals surface area contributed by atoms with Gasteiger partial charge in [0.1, 0.15) is 0 Å². The van der Waals surface area contributed by atoms with Crippen molar-refractivity contribution in [3.63, 3.8) is 0 Å². The Labute approximate surface area is 163 Å². The maximum absolute atomic E-state index is 2.28. The number of benzene rings is 4. The molecule has 0 aromatic heterocycles. The summed E-state index contributed by atoms with van der Waals surface area (Å²) in [5.41, 5.74) is 1.23. The molecule has 0 saturated heterocycles. The minimum Gasteiger partial charge on any atom is -0.0827 e. The molecule has 26 heavy (non-hydrogen) atoms. The number of rotatable bonds is 5. The maximum atomic E-state index is 2.28. The molecule has 4 aromatic carbocycles. The molecular formula is C24H18S2. The van der Waals surface area contributed by atoms with Crippen molar-refractivity contribution in [1.82, 2.24) is 0 Å². The van der Waals surface area contributed by atoms with Gasteiger partial charge >= 0.3 is 0 Å². The smallest absolute Gasteiger partial charge is 0.0504 e. The standard InChI is InChI=1S/C24H18S2/c1-3-11-22(12-4-1)25-24(26-23-13-5-2-6-14-23)18-19-15-16-20-9-7-8-10-21(20)17-19/h1-18H. The first-order valence-electron chi connectivity index (χ1n) is 8.53. The van der Waals surface area contributed by atoms with Gasteiger partial charge in [0.15, 0.2) is 0 Å². The van der Waals surface area contributed by atoms with E-state index in [1.807, 2.05) is 23.5 Å².